The van der Waals surface area contributed by atoms with Gasteiger partial charge in [-0.15, -0.1) is 0 Å². The van der Waals surface area contributed by atoms with Crippen LogP contribution in [0.2, 0.25) is 0 Å². The second-order valence-corrected chi connectivity index (χ2v) is 6.89. The predicted octanol–water partition coefficient (Wildman–Crippen LogP) is 4.40. The third kappa shape index (κ3) is 2.48. The summed E-state index contributed by atoms with van der Waals surface area (Å²) >= 11 is 7.17. The molecule has 17 heavy (non-hydrogen) atoms. The van der Waals surface area contributed by atoms with Gasteiger partial charge in [0.05, 0.1) is 11.6 Å². The Bertz CT molecular complexity index is 418. The lowest BCUT2D eigenvalue weighted by Gasteiger charge is -2.48. The van der Waals surface area contributed by atoms with E-state index in [0.29, 0.717) is 4.83 Å². The molecule has 0 aromatic heterocycles. The molecule has 1 saturated carbocycles. The van der Waals surface area contributed by atoms with Crippen molar-refractivity contribution in [1.82, 2.24) is 0 Å². The third-order valence-corrected chi connectivity index (χ3v) is 5.64. The molecule has 0 aliphatic heterocycles. The quantitative estimate of drug-likeness (QED) is 0.741. The lowest BCUT2D eigenvalue weighted by molar-refractivity contribution is -0.00831. The molecule has 0 radical (unpaired) electrons. The number of benzene rings is 1. The van der Waals surface area contributed by atoms with Crippen LogP contribution in [0, 0.1) is 5.41 Å². The molecule has 0 saturated heterocycles. The summed E-state index contributed by atoms with van der Waals surface area (Å²) in [6, 6.07) is 5.78. The van der Waals surface area contributed by atoms with Crippen LogP contribution in [0.4, 0.5) is 0 Å². The van der Waals surface area contributed by atoms with Crippen LogP contribution in [-0.2, 0) is 0 Å². The van der Waals surface area contributed by atoms with Crippen molar-refractivity contribution in [1.29, 1.82) is 0 Å². The second kappa shape index (κ2) is 4.81. The Morgan fingerprint density at radius 3 is 2.53 bits per heavy atom. The van der Waals surface area contributed by atoms with Gasteiger partial charge in [0.15, 0.2) is 0 Å². The Morgan fingerprint density at radius 1 is 1.35 bits per heavy atom. The summed E-state index contributed by atoms with van der Waals surface area (Å²) in [5.74, 6) is 1.71. The number of rotatable bonds is 3. The van der Waals surface area contributed by atoms with Gasteiger partial charge in [-0.2, -0.15) is 0 Å². The Kier molecular flexibility index (Phi) is 3.74. The minimum Gasteiger partial charge on any atom is -0.497 e. The second-order valence-electron chi connectivity index (χ2n) is 4.93. The van der Waals surface area contributed by atoms with Crippen molar-refractivity contribution in [2.45, 2.75) is 31.2 Å². The van der Waals surface area contributed by atoms with E-state index < -0.39 is 0 Å². The SMILES string of the molecule is COc1ccc(OC2CC(Br)C2(C)C)c(Br)c1. The zero-order chi connectivity index (χ0) is 12.6. The molecule has 2 rings (SSSR count). The van der Waals surface area contributed by atoms with Gasteiger partial charge in [0.25, 0.3) is 0 Å². The topological polar surface area (TPSA) is 18.5 Å². The Balaban J connectivity index is 2.10. The number of halogens is 2. The lowest BCUT2D eigenvalue weighted by Crippen LogP contribution is -2.53. The first-order chi connectivity index (χ1) is 7.95. The van der Waals surface area contributed by atoms with Crippen molar-refractivity contribution in [3.8, 4) is 11.5 Å². The van der Waals surface area contributed by atoms with Gasteiger partial charge in [-0.3, -0.25) is 0 Å². The van der Waals surface area contributed by atoms with Crippen LogP contribution >= 0.6 is 31.9 Å². The van der Waals surface area contributed by atoms with Crippen LogP contribution in [0.5, 0.6) is 11.5 Å². The van der Waals surface area contributed by atoms with Crippen molar-refractivity contribution in [2.75, 3.05) is 7.11 Å². The van der Waals surface area contributed by atoms with Crippen LogP contribution in [0.25, 0.3) is 0 Å². The maximum absolute atomic E-state index is 6.03. The molecule has 1 aliphatic carbocycles. The molecule has 2 unspecified atom stereocenters. The minimum absolute atomic E-state index is 0.180. The fourth-order valence-electron chi connectivity index (χ4n) is 1.89. The van der Waals surface area contributed by atoms with Crippen LogP contribution in [-0.4, -0.2) is 18.0 Å². The summed E-state index contributed by atoms with van der Waals surface area (Å²) in [5.41, 5.74) is 0.180. The largest absolute Gasteiger partial charge is 0.497 e. The fourth-order valence-corrected chi connectivity index (χ4v) is 2.98. The first-order valence-corrected chi connectivity index (χ1v) is 7.30. The third-order valence-electron chi connectivity index (χ3n) is 3.47. The molecule has 2 nitrogen and oxygen atoms in total. The minimum atomic E-state index is 0.180. The molecule has 1 aromatic carbocycles. The molecular formula is C13H16Br2O2. The summed E-state index contributed by atoms with van der Waals surface area (Å²) in [6.07, 6.45) is 1.31. The molecule has 0 bridgehead atoms. The van der Waals surface area contributed by atoms with E-state index in [-0.39, 0.29) is 11.5 Å². The number of hydrogen-bond donors (Lipinski definition) is 0. The standard InChI is InChI=1S/C13H16Br2O2/c1-13(2)11(15)7-12(13)17-10-5-4-8(16-3)6-9(10)14/h4-6,11-12H,7H2,1-3H3. The highest BCUT2D eigenvalue weighted by Crippen LogP contribution is 2.48. The van der Waals surface area contributed by atoms with E-state index >= 15 is 0 Å². The number of alkyl halides is 1. The molecule has 2 atom stereocenters. The first-order valence-electron chi connectivity index (χ1n) is 5.59. The van der Waals surface area contributed by atoms with Crippen molar-refractivity contribution >= 4 is 31.9 Å². The molecule has 1 aromatic rings. The monoisotopic (exact) mass is 362 g/mol. The molecule has 1 aliphatic rings. The Labute approximate surface area is 119 Å². The van der Waals surface area contributed by atoms with E-state index in [2.05, 4.69) is 45.7 Å². The van der Waals surface area contributed by atoms with E-state index in [9.17, 15) is 0 Å². The summed E-state index contributed by atoms with van der Waals surface area (Å²) in [5, 5.41) is 0. The Morgan fingerprint density at radius 2 is 2.06 bits per heavy atom. The van der Waals surface area contributed by atoms with E-state index in [1.807, 2.05) is 18.2 Å². The molecule has 1 fully saturated rings. The van der Waals surface area contributed by atoms with Gasteiger partial charge in [-0.1, -0.05) is 29.8 Å². The van der Waals surface area contributed by atoms with Crippen molar-refractivity contribution in [2.24, 2.45) is 5.41 Å². The molecule has 0 heterocycles. The summed E-state index contributed by atoms with van der Waals surface area (Å²) in [6.45, 7) is 4.44. The maximum Gasteiger partial charge on any atom is 0.134 e. The van der Waals surface area contributed by atoms with Gasteiger partial charge in [0.1, 0.15) is 17.6 Å². The summed E-state index contributed by atoms with van der Waals surface area (Å²) < 4.78 is 12.1. The molecule has 4 heteroatoms. The van der Waals surface area contributed by atoms with Gasteiger partial charge in [0.2, 0.25) is 0 Å². The van der Waals surface area contributed by atoms with Gasteiger partial charge in [-0.05, 0) is 40.5 Å². The highest BCUT2D eigenvalue weighted by molar-refractivity contribution is 9.10. The molecule has 0 spiro atoms. The zero-order valence-corrected chi connectivity index (χ0v) is 13.3. The van der Waals surface area contributed by atoms with E-state index in [4.69, 9.17) is 9.47 Å². The zero-order valence-electron chi connectivity index (χ0n) is 10.2. The van der Waals surface area contributed by atoms with Gasteiger partial charge in [0, 0.05) is 10.2 Å². The lowest BCUT2D eigenvalue weighted by atomic mass is 9.69. The highest BCUT2D eigenvalue weighted by Gasteiger charge is 2.48. The van der Waals surface area contributed by atoms with Crippen LogP contribution < -0.4 is 9.47 Å². The number of hydrogen-bond acceptors (Lipinski definition) is 2. The molecule has 0 amide bonds. The average molecular weight is 364 g/mol. The van der Waals surface area contributed by atoms with Crippen molar-refractivity contribution in [3.63, 3.8) is 0 Å². The van der Waals surface area contributed by atoms with E-state index in [1.54, 1.807) is 7.11 Å². The van der Waals surface area contributed by atoms with Crippen LogP contribution in [0.3, 0.4) is 0 Å². The normalized spacial score (nSPS) is 26.2. The number of ether oxygens (including phenoxy) is 2. The van der Waals surface area contributed by atoms with Crippen LogP contribution in [0.1, 0.15) is 20.3 Å². The highest BCUT2D eigenvalue weighted by atomic mass is 79.9. The molecule has 0 N–H and O–H groups in total. The maximum atomic E-state index is 6.03. The average Bonchev–Trinajstić information content (AvgIpc) is 2.30. The van der Waals surface area contributed by atoms with Gasteiger partial charge in [-0.25, -0.2) is 0 Å². The summed E-state index contributed by atoms with van der Waals surface area (Å²) in [7, 11) is 1.66. The van der Waals surface area contributed by atoms with Gasteiger partial charge < -0.3 is 9.47 Å². The predicted molar refractivity (Wildman–Crippen MR) is 76.2 cm³/mol. The van der Waals surface area contributed by atoms with Crippen molar-refractivity contribution in [3.05, 3.63) is 22.7 Å². The van der Waals surface area contributed by atoms with Crippen molar-refractivity contribution < 1.29 is 9.47 Å². The van der Waals surface area contributed by atoms with E-state index in [1.165, 1.54) is 0 Å². The fraction of sp³-hybridized carbons (Fsp3) is 0.538. The molecular weight excluding hydrogens is 348 g/mol. The number of methoxy groups -OCH3 is 1. The molecule has 94 valence electrons. The smallest absolute Gasteiger partial charge is 0.134 e. The Hall–Kier alpha value is -0.220. The van der Waals surface area contributed by atoms with Crippen LogP contribution in [0.15, 0.2) is 22.7 Å². The van der Waals surface area contributed by atoms with E-state index in [0.717, 1.165) is 22.4 Å². The van der Waals surface area contributed by atoms with Gasteiger partial charge >= 0.3 is 0 Å². The first kappa shape index (κ1) is 13.2. The summed E-state index contributed by atoms with van der Waals surface area (Å²) in [4.78, 5) is 0.539.